The number of hydrogen-bond acceptors (Lipinski definition) is 3. The van der Waals surface area contributed by atoms with Gasteiger partial charge in [-0.25, -0.2) is 16.8 Å². The Bertz CT molecular complexity index is 3540. The minimum atomic E-state index is -4.16. The number of nitrogens with zero attached hydrogens (tertiary/aromatic N) is 2. The normalized spacial score (nSPS) is 12.4. The molecule has 0 saturated heterocycles. The first-order valence-corrected chi connectivity index (χ1v) is 20.1. The molecule has 0 unspecified atom stereocenters. The van der Waals surface area contributed by atoms with Crippen LogP contribution in [0.3, 0.4) is 0 Å². The molecule has 3 aromatic heterocycles. The lowest BCUT2D eigenvalue weighted by Crippen LogP contribution is -2.13. The number of rotatable bonds is 4. The van der Waals surface area contributed by atoms with E-state index in [1.165, 1.54) is 10.0 Å². The highest BCUT2D eigenvalue weighted by Gasteiger charge is 2.30. The minimum Gasteiger partial charge on any atom is -0.455 e. The zero-order chi connectivity index (χ0) is 37.2. The second-order valence-corrected chi connectivity index (χ2v) is 16.6. The molecule has 0 spiro atoms. The van der Waals surface area contributed by atoms with Gasteiger partial charge in [-0.05, 0) is 72.3 Å². The molecule has 5 nitrogen and oxygen atoms in total. The van der Waals surface area contributed by atoms with Gasteiger partial charge in [-0.15, -0.1) is 0 Å². The van der Waals surface area contributed by atoms with Gasteiger partial charge in [-0.3, -0.25) is 0 Å². The highest BCUT2D eigenvalue weighted by Crippen LogP contribution is 2.48. The Kier molecular flexibility index (Phi) is 6.82. The Labute approximate surface area is 322 Å². The van der Waals surface area contributed by atoms with Crippen LogP contribution in [0.5, 0.6) is 0 Å². The maximum Gasteiger partial charge on any atom is 0.268 e. The van der Waals surface area contributed by atoms with Gasteiger partial charge in [0.2, 0.25) is 0 Å². The van der Waals surface area contributed by atoms with Crippen molar-refractivity contribution in [1.29, 1.82) is 0 Å². The summed E-state index contributed by atoms with van der Waals surface area (Å²) >= 11 is 3.76. The van der Waals surface area contributed by atoms with Crippen molar-refractivity contribution < 1.29 is 17.2 Å². The van der Waals surface area contributed by atoms with Gasteiger partial charge in [0.25, 0.3) is 10.0 Å². The van der Waals surface area contributed by atoms with Gasteiger partial charge in [0, 0.05) is 42.4 Å². The molecule has 0 fully saturated rings. The fraction of sp³-hybridized carbons (Fsp3) is 0.0213. The first-order valence-electron chi connectivity index (χ1n) is 17.9. The number of aromatic nitrogens is 2. The molecule has 8 aromatic carbocycles. The Morgan fingerprint density at radius 3 is 2.15 bits per heavy atom. The summed E-state index contributed by atoms with van der Waals surface area (Å²) in [6.45, 7) is 1.93. The molecular weight excluding hydrogens is 771 g/mol. The molecule has 264 valence electrons. The van der Waals surface area contributed by atoms with Crippen LogP contribution in [-0.4, -0.2) is 17.0 Å². The van der Waals surface area contributed by atoms with Gasteiger partial charge in [0.05, 0.1) is 38.2 Å². The summed E-state index contributed by atoms with van der Waals surface area (Å²) in [5, 5.41) is 7.07. The van der Waals surface area contributed by atoms with E-state index >= 15 is 12.8 Å². The zero-order valence-electron chi connectivity index (χ0n) is 29.2. The molecular formula is C47H28BrFN2O3S. The van der Waals surface area contributed by atoms with Crippen LogP contribution in [0, 0.1) is 12.7 Å². The first kappa shape index (κ1) is 32.2. The molecule has 55 heavy (non-hydrogen) atoms. The molecule has 0 bridgehead atoms. The van der Waals surface area contributed by atoms with Crippen molar-refractivity contribution in [2.45, 2.75) is 11.8 Å². The van der Waals surface area contributed by atoms with E-state index in [-0.39, 0.29) is 10.7 Å². The Balaban J connectivity index is 1.37. The minimum absolute atomic E-state index is 0.171. The smallest absolute Gasteiger partial charge is 0.268 e. The molecule has 11 aromatic rings. The molecule has 11 rings (SSSR count). The van der Waals surface area contributed by atoms with Gasteiger partial charge in [0.15, 0.2) is 0 Å². The summed E-state index contributed by atoms with van der Waals surface area (Å²) in [4.78, 5) is 0.171. The molecule has 0 aliphatic carbocycles. The maximum atomic E-state index is 16.5. The largest absolute Gasteiger partial charge is 0.455 e. The van der Waals surface area contributed by atoms with Crippen LogP contribution in [0.4, 0.5) is 4.39 Å². The zero-order valence-corrected chi connectivity index (χ0v) is 31.6. The topological polar surface area (TPSA) is 57.1 Å². The van der Waals surface area contributed by atoms with Crippen molar-refractivity contribution >= 4 is 102 Å². The highest BCUT2D eigenvalue weighted by atomic mass is 79.9. The lowest BCUT2D eigenvalue weighted by atomic mass is 9.97. The van der Waals surface area contributed by atoms with Gasteiger partial charge in [-0.1, -0.05) is 119 Å². The number of furan rings is 1. The van der Waals surface area contributed by atoms with E-state index < -0.39 is 10.0 Å². The fourth-order valence-corrected chi connectivity index (χ4v) is 10.7. The van der Waals surface area contributed by atoms with Crippen LogP contribution in [0.2, 0.25) is 0 Å². The van der Waals surface area contributed by atoms with Crippen molar-refractivity contribution in [2.75, 3.05) is 0 Å². The average molecular weight is 800 g/mol. The van der Waals surface area contributed by atoms with Crippen molar-refractivity contribution in [3.8, 4) is 16.8 Å². The quantitative estimate of drug-likeness (QED) is 0.178. The molecule has 0 atom stereocenters. The van der Waals surface area contributed by atoms with Crippen LogP contribution >= 0.6 is 15.9 Å². The van der Waals surface area contributed by atoms with E-state index in [1.807, 2.05) is 121 Å². The van der Waals surface area contributed by atoms with Crippen molar-refractivity contribution in [2.24, 2.45) is 0 Å². The first-order chi connectivity index (χ1) is 26.8. The number of aryl methyl sites for hydroxylation is 1. The van der Waals surface area contributed by atoms with E-state index in [0.717, 1.165) is 58.6 Å². The maximum absolute atomic E-state index is 16.5. The second kappa shape index (κ2) is 11.6. The number of benzene rings is 8. The highest BCUT2D eigenvalue weighted by molar-refractivity contribution is 9.10. The predicted octanol–water partition coefficient (Wildman–Crippen LogP) is 13.1. The van der Waals surface area contributed by atoms with Gasteiger partial charge >= 0.3 is 0 Å². The monoisotopic (exact) mass is 798 g/mol. The Morgan fingerprint density at radius 1 is 0.600 bits per heavy atom. The fourth-order valence-electron chi connectivity index (χ4n) is 8.57. The summed E-state index contributed by atoms with van der Waals surface area (Å²) < 4.78 is 57.6. The van der Waals surface area contributed by atoms with E-state index in [0.29, 0.717) is 44.5 Å². The summed E-state index contributed by atoms with van der Waals surface area (Å²) in [5.41, 5.74) is 6.42. The van der Waals surface area contributed by atoms with Crippen LogP contribution in [-0.2, 0) is 10.0 Å². The number of hydrogen-bond donors (Lipinski definition) is 0. The van der Waals surface area contributed by atoms with Crippen molar-refractivity contribution in [3.05, 3.63) is 168 Å². The van der Waals surface area contributed by atoms with Gasteiger partial charge in [0.1, 0.15) is 17.0 Å². The lowest BCUT2D eigenvalue weighted by Gasteiger charge is -2.17. The molecule has 0 N–H and O–H groups in total. The number of halogens is 2. The third kappa shape index (κ3) is 4.46. The van der Waals surface area contributed by atoms with Gasteiger partial charge < -0.3 is 8.98 Å². The Morgan fingerprint density at radius 2 is 1.31 bits per heavy atom. The number of fused-ring (bicyclic) bond motifs is 11. The van der Waals surface area contributed by atoms with E-state index in [9.17, 15) is 0 Å². The molecule has 0 amide bonds. The second-order valence-electron chi connectivity index (χ2n) is 14.0. The predicted molar refractivity (Wildman–Crippen MR) is 225 cm³/mol. The van der Waals surface area contributed by atoms with E-state index in [2.05, 4.69) is 34.1 Å². The molecule has 8 heteroatoms. The van der Waals surface area contributed by atoms with Crippen molar-refractivity contribution in [3.63, 3.8) is 0 Å². The van der Waals surface area contributed by atoms with Crippen molar-refractivity contribution in [1.82, 2.24) is 8.54 Å². The lowest BCUT2D eigenvalue weighted by molar-refractivity contribution is 0.590. The standard InChI is InChI=1S/C47H28BrFN2O3S/c1-27-19-22-29(23-20-27)55(52,53)51-40-17-8-15-36(48)43(40)34-12-6-13-35(45(34)51)44-39(26-24-32-31-11-4-5-18-41(31)54-47(32)44)50-38-25-21-28-9-2-3-10-30(28)42(38)33-14-7-16-37(49)46(33)50/h2-26H,1H3. The molecule has 0 aliphatic heterocycles. The SMILES string of the molecule is Cc1ccc(S(=O)(=O)n2c3cccc(Br)c3c3cccc(-c4c(-n5c6ccc7ccccc7c6c6cccc(F)c65)ccc5c4oc4ccccc45)c32)cc1. The van der Waals surface area contributed by atoms with Crippen LogP contribution in [0.15, 0.2) is 165 Å². The summed E-state index contributed by atoms with van der Waals surface area (Å²) in [6, 6.07) is 47.7. The Hall–Kier alpha value is -6.22. The van der Waals surface area contributed by atoms with E-state index in [4.69, 9.17) is 4.42 Å². The molecule has 0 saturated carbocycles. The number of para-hydroxylation sites is 3. The van der Waals surface area contributed by atoms with E-state index in [1.54, 1.807) is 18.2 Å². The third-order valence-corrected chi connectivity index (χ3v) is 13.3. The third-order valence-electron chi connectivity index (χ3n) is 10.9. The summed E-state index contributed by atoms with van der Waals surface area (Å²) in [6.07, 6.45) is 0. The molecule has 0 radical (unpaired) electrons. The van der Waals surface area contributed by atoms with Gasteiger partial charge in [-0.2, -0.15) is 0 Å². The van der Waals surface area contributed by atoms with Crippen LogP contribution in [0.1, 0.15) is 5.56 Å². The average Bonchev–Trinajstić information content (AvgIpc) is 3.87. The summed E-state index contributed by atoms with van der Waals surface area (Å²) in [5.74, 6) is -0.369. The summed E-state index contributed by atoms with van der Waals surface area (Å²) in [7, 11) is -4.16. The van der Waals surface area contributed by atoms with Crippen LogP contribution in [0.25, 0.3) is 93.1 Å². The molecule has 0 aliphatic rings. The molecule has 3 heterocycles. The van der Waals surface area contributed by atoms with Crippen LogP contribution < -0.4 is 0 Å².